The summed E-state index contributed by atoms with van der Waals surface area (Å²) in [5.74, 6) is 2.67. The van der Waals surface area contributed by atoms with E-state index in [0.717, 1.165) is 11.1 Å². The van der Waals surface area contributed by atoms with Gasteiger partial charge in [-0.2, -0.15) is 0 Å². The number of rotatable bonds is 8. The fourth-order valence-electron chi connectivity index (χ4n) is 4.28. The van der Waals surface area contributed by atoms with E-state index in [1.165, 1.54) is 0 Å². The molecule has 0 bridgehead atoms. The van der Waals surface area contributed by atoms with Crippen LogP contribution < -0.4 is 19.9 Å². The minimum atomic E-state index is -0.869. The van der Waals surface area contributed by atoms with Gasteiger partial charge < -0.3 is 29.8 Å². The topological polar surface area (TPSA) is 100 Å². The van der Waals surface area contributed by atoms with Gasteiger partial charge in [-0.05, 0) is 47.4 Å². The zero-order valence-electron chi connectivity index (χ0n) is 20.1. The Bertz CT molecular complexity index is 1300. The van der Waals surface area contributed by atoms with Gasteiger partial charge in [-0.1, -0.05) is 42.3 Å². The SMILES string of the molecule is C#CCOC(=O)C1=C(N)Oc2ccc(-c3cc(OC)cc(OC)c3)cc2C1CC(O)c1ccccc1. The fraction of sp³-hybridized carbons (Fsp3) is 0.207. The highest BCUT2D eigenvalue weighted by Gasteiger charge is 2.36. The summed E-state index contributed by atoms with van der Waals surface area (Å²) in [6.07, 6.45) is 4.58. The van der Waals surface area contributed by atoms with E-state index in [0.29, 0.717) is 28.4 Å². The van der Waals surface area contributed by atoms with E-state index in [2.05, 4.69) is 5.92 Å². The lowest BCUT2D eigenvalue weighted by atomic mass is 9.82. The average Bonchev–Trinajstić information content (AvgIpc) is 2.91. The normalized spacial score (nSPS) is 15.2. The van der Waals surface area contributed by atoms with Crippen molar-refractivity contribution < 1.29 is 28.8 Å². The maximum atomic E-state index is 13.0. The van der Waals surface area contributed by atoms with E-state index in [4.69, 9.17) is 31.1 Å². The predicted octanol–water partition coefficient (Wildman–Crippen LogP) is 4.32. The molecule has 3 aromatic carbocycles. The largest absolute Gasteiger partial charge is 0.497 e. The number of hydrogen-bond acceptors (Lipinski definition) is 7. The van der Waals surface area contributed by atoms with E-state index < -0.39 is 18.0 Å². The van der Waals surface area contributed by atoms with Crippen LogP contribution in [-0.4, -0.2) is 31.9 Å². The van der Waals surface area contributed by atoms with Crippen molar-refractivity contribution in [2.45, 2.75) is 18.4 Å². The second-order valence-electron chi connectivity index (χ2n) is 8.23. The summed E-state index contributed by atoms with van der Waals surface area (Å²) in [7, 11) is 3.17. The van der Waals surface area contributed by atoms with Crippen LogP contribution in [-0.2, 0) is 9.53 Å². The standard InChI is InChI=1S/C29H27NO6/c1-4-12-35-29(32)27-24(17-25(31)18-8-6-5-7-9-18)23-15-19(10-11-26(23)36-28(27)30)20-13-21(33-2)16-22(14-20)34-3/h1,5-11,13-16,24-25,31H,12,17,30H2,2-3H3. The lowest BCUT2D eigenvalue weighted by Crippen LogP contribution is -2.28. The predicted molar refractivity (Wildman–Crippen MR) is 135 cm³/mol. The zero-order chi connectivity index (χ0) is 25.7. The third kappa shape index (κ3) is 5.14. The van der Waals surface area contributed by atoms with E-state index in [1.807, 2.05) is 54.6 Å². The molecular formula is C29H27NO6. The first-order valence-corrected chi connectivity index (χ1v) is 11.3. The van der Waals surface area contributed by atoms with Crippen molar-refractivity contribution in [1.82, 2.24) is 0 Å². The Morgan fingerprint density at radius 1 is 1.06 bits per heavy atom. The summed E-state index contributed by atoms with van der Waals surface area (Å²) in [6.45, 7) is -0.208. The molecule has 0 amide bonds. The van der Waals surface area contributed by atoms with Gasteiger partial charge in [-0.15, -0.1) is 6.42 Å². The third-order valence-electron chi connectivity index (χ3n) is 6.05. The number of methoxy groups -OCH3 is 2. The summed E-state index contributed by atoms with van der Waals surface area (Å²) in [6, 6.07) is 20.3. The van der Waals surface area contributed by atoms with Gasteiger partial charge in [0.15, 0.2) is 6.61 Å². The molecule has 7 heteroatoms. The Morgan fingerprint density at radius 3 is 2.39 bits per heavy atom. The second-order valence-corrected chi connectivity index (χ2v) is 8.23. The third-order valence-corrected chi connectivity index (χ3v) is 6.05. The van der Waals surface area contributed by atoms with E-state index in [-0.39, 0.29) is 24.5 Å². The molecule has 1 aliphatic rings. The number of aliphatic hydroxyl groups excluding tert-OH is 1. The van der Waals surface area contributed by atoms with Crippen molar-refractivity contribution in [3.05, 3.63) is 89.3 Å². The van der Waals surface area contributed by atoms with Gasteiger partial charge in [0.05, 0.1) is 20.3 Å². The minimum absolute atomic E-state index is 0.0782. The van der Waals surface area contributed by atoms with Gasteiger partial charge >= 0.3 is 5.97 Å². The van der Waals surface area contributed by atoms with Crippen LogP contribution in [0.25, 0.3) is 11.1 Å². The lowest BCUT2D eigenvalue weighted by molar-refractivity contribution is -0.138. The van der Waals surface area contributed by atoms with Crippen LogP contribution in [0.15, 0.2) is 78.2 Å². The van der Waals surface area contributed by atoms with Gasteiger partial charge in [0, 0.05) is 17.5 Å². The summed E-state index contributed by atoms with van der Waals surface area (Å²) in [5, 5.41) is 11.1. The molecule has 36 heavy (non-hydrogen) atoms. The summed E-state index contributed by atoms with van der Waals surface area (Å²) in [4.78, 5) is 13.0. The van der Waals surface area contributed by atoms with E-state index >= 15 is 0 Å². The molecule has 0 spiro atoms. The zero-order valence-corrected chi connectivity index (χ0v) is 20.1. The Labute approximate surface area is 210 Å². The molecule has 3 aromatic rings. The molecule has 3 N–H and O–H groups in total. The van der Waals surface area contributed by atoms with Crippen molar-refractivity contribution in [3.63, 3.8) is 0 Å². The fourth-order valence-corrected chi connectivity index (χ4v) is 4.28. The molecule has 0 radical (unpaired) electrons. The number of nitrogens with two attached hydrogens (primary N) is 1. The number of hydrogen-bond donors (Lipinski definition) is 2. The van der Waals surface area contributed by atoms with Crippen LogP contribution in [0.4, 0.5) is 0 Å². The van der Waals surface area contributed by atoms with Crippen molar-refractivity contribution in [2.24, 2.45) is 5.73 Å². The van der Waals surface area contributed by atoms with Crippen molar-refractivity contribution in [1.29, 1.82) is 0 Å². The Hall–Kier alpha value is -4.41. The van der Waals surface area contributed by atoms with E-state index in [1.54, 1.807) is 26.4 Å². The van der Waals surface area contributed by atoms with Crippen molar-refractivity contribution in [2.75, 3.05) is 20.8 Å². The molecule has 1 heterocycles. The molecule has 2 atom stereocenters. The number of terminal acetylenes is 1. The first-order chi connectivity index (χ1) is 17.4. The molecule has 4 rings (SSSR count). The first kappa shape index (κ1) is 24.7. The lowest BCUT2D eigenvalue weighted by Gasteiger charge is -2.30. The number of esters is 1. The molecule has 0 saturated heterocycles. The maximum absolute atomic E-state index is 13.0. The van der Waals surface area contributed by atoms with E-state index in [9.17, 15) is 9.90 Å². The van der Waals surface area contributed by atoms with Crippen LogP contribution in [0.5, 0.6) is 17.2 Å². The second kappa shape index (κ2) is 10.9. The van der Waals surface area contributed by atoms with Crippen LogP contribution in [0.2, 0.25) is 0 Å². The molecule has 0 aromatic heterocycles. The Balaban J connectivity index is 1.80. The quantitative estimate of drug-likeness (QED) is 0.362. The average molecular weight is 486 g/mol. The highest BCUT2D eigenvalue weighted by atomic mass is 16.5. The highest BCUT2D eigenvalue weighted by Crippen LogP contribution is 2.45. The number of ether oxygens (including phenoxy) is 4. The Kier molecular flexibility index (Phi) is 7.47. The molecule has 0 aliphatic carbocycles. The van der Waals surface area contributed by atoms with Gasteiger partial charge in [0.25, 0.3) is 0 Å². The summed E-state index contributed by atoms with van der Waals surface area (Å²) < 4.78 is 21.8. The molecule has 1 aliphatic heterocycles. The van der Waals surface area contributed by atoms with Crippen molar-refractivity contribution >= 4 is 5.97 Å². The van der Waals surface area contributed by atoms with Crippen LogP contribution in [0, 0.1) is 12.3 Å². The molecule has 0 saturated carbocycles. The van der Waals surface area contributed by atoms with Crippen LogP contribution in [0.3, 0.4) is 0 Å². The summed E-state index contributed by atoms with van der Waals surface area (Å²) >= 11 is 0. The number of carbonyl (C=O) groups is 1. The number of benzene rings is 3. The van der Waals surface area contributed by atoms with Gasteiger partial charge in [0.2, 0.25) is 5.88 Å². The maximum Gasteiger partial charge on any atom is 0.341 e. The highest BCUT2D eigenvalue weighted by molar-refractivity contribution is 5.92. The molecular weight excluding hydrogens is 458 g/mol. The van der Waals surface area contributed by atoms with Gasteiger partial charge in [0.1, 0.15) is 22.8 Å². The molecule has 0 fully saturated rings. The minimum Gasteiger partial charge on any atom is -0.497 e. The molecule has 7 nitrogen and oxygen atoms in total. The number of fused-ring (bicyclic) bond motifs is 1. The molecule has 184 valence electrons. The van der Waals surface area contributed by atoms with Crippen LogP contribution in [0.1, 0.15) is 29.6 Å². The molecule has 2 unspecified atom stereocenters. The smallest absolute Gasteiger partial charge is 0.341 e. The van der Waals surface area contributed by atoms with Gasteiger partial charge in [-0.3, -0.25) is 0 Å². The first-order valence-electron chi connectivity index (χ1n) is 11.3. The summed E-state index contributed by atoms with van der Waals surface area (Å²) in [5.41, 5.74) is 9.39. The Morgan fingerprint density at radius 2 is 1.75 bits per heavy atom. The monoisotopic (exact) mass is 485 g/mol. The number of carbonyl (C=O) groups excluding carboxylic acids is 1. The number of aliphatic hydroxyl groups is 1. The van der Waals surface area contributed by atoms with Gasteiger partial charge in [-0.25, -0.2) is 4.79 Å². The van der Waals surface area contributed by atoms with Crippen LogP contribution >= 0.6 is 0 Å². The van der Waals surface area contributed by atoms with Crippen molar-refractivity contribution in [3.8, 4) is 40.7 Å².